The predicted molar refractivity (Wildman–Crippen MR) is 85.9 cm³/mol. The first-order valence-electron chi connectivity index (χ1n) is 8.30. The van der Waals surface area contributed by atoms with E-state index >= 15 is 0 Å². The minimum Gasteiger partial charge on any atom is -0.459 e. The number of hydrogen-bond donors (Lipinski definition) is 2. The quantitative estimate of drug-likeness (QED) is 0.750. The Labute approximate surface area is 136 Å². The Bertz CT molecular complexity index is 493. The van der Waals surface area contributed by atoms with Crippen molar-refractivity contribution in [3.05, 3.63) is 24.2 Å². The third kappa shape index (κ3) is 5.10. The molecule has 2 N–H and O–H groups in total. The first kappa shape index (κ1) is 17.5. The van der Waals surface area contributed by atoms with Crippen LogP contribution in [-0.2, 0) is 4.79 Å². The molecule has 0 atom stereocenters. The number of nitrogens with zero attached hydrogens (tertiary/aromatic N) is 1. The lowest BCUT2D eigenvalue weighted by Crippen LogP contribution is -2.40. The lowest BCUT2D eigenvalue weighted by molar-refractivity contribution is -0.132. The highest BCUT2D eigenvalue weighted by Crippen LogP contribution is 2.26. The molecule has 0 radical (unpaired) electrons. The molecule has 0 bridgehead atoms. The van der Waals surface area contributed by atoms with E-state index in [1.54, 1.807) is 12.1 Å². The van der Waals surface area contributed by atoms with Gasteiger partial charge >= 0.3 is 0 Å². The fourth-order valence-corrected chi connectivity index (χ4v) is 3.03. The molecule has 1 heterocycles. The molecule has 0 unspecified atom stereocenters. The number of carbonyl (C=O) groups excluding carboxylic acids is 2. The summed E-state index contributed by atoms with van der Waals surface area (Å²) in [7, 11) is 1.85. The second-order valence-electron chi connectivity index (χ2n) is 6.20. The second kappa shape index (κ2) is 8.72. The Kier molecular flexibility index (Phi) is 6.65. The first-order valence-corrected chi connectivity index (χ1v) is 8.30. The molecule has 1 aromatic rings. The SMILES string of the molecule is CN(C(=O)CCCNC(=O)c1ccco1)C1CCC(CO)CC1. The Morgan fingerprint density at radius 2 is 2.09 bits per heavy atom. The Balaban J connectivity index is 1.63. The monoisotopic (exact) mass is 322 g/mol. The highest BCUT2D eigenvalue weighted by Gasteiger charge is 2.25. The minimum atomic E-state index is -0.252. The molecule has 128 valence electrons. The molecule has 1 aromatic heterocycles. The van der Waals surface area contributed by atoms with Crippen molar-refractivity contribution in [2.45, 2.75) is 44.6 Å². The van der Waals surface area contributed by atoms with Crippen molar-refractivity contribution in [1.82, 2.24) is 10.2 Å². The summed E-state index contributed by atoms with van der Waals surface area (Å²) < 4.78 is 5.00. The summed E-state index contributed by atoms with van der Waals surface area (Å²) in [4.78, 5) is 25.7. The summed E-state index contributed by atoms with van der Waals surface area (Å²) in [6.45, 7) is 0.704. The molecule has 1 aliphatic carbocycles. The molecule has 0 saturated heterocycles. The molecular formula is C17H26N2O4. The van der Waals surface area contributed by atoms with Crippen molar-refractivity contribution in [3.63, 3.8) is 0 Å². The smallest absolute Gasteiger partial charge is 0.286 e. The number of rotatable bonds is 7. The molecule has 0 aromatic carbocycles. The van der Waals surface area contributed by atoms with Crippen LogP contribution < -0.4 is 5.32 Å². The lowest BCUT2D eigenvalue weighted by atomic mass is 9.86. The zero-order chi connectivity index (χ0) is 16.7. The third-order valence-electron chi connectivity index (χ3n) is 4.61. The van der Waals surface area contributed by atoms with Crippen LogP contribution in [0.2, 0.25) is 0 Å². The van der Waals surface area contributed by atoms with Crippen molar-refractivity contribution in [1.29, 1.82) is 0 Å². The topological polar surface area (TPSA) is 82.8 Å². The van der Waals surface area contributed by atoms with Gasteiger partial charge in [-0.3, -0.25) is 9.59 Å². The summed E-state index contributed by atoms with van der Waals surface area (Å²) in [6.07, 6.45) is 6.39. The van der Waals surface area contributed by atoms with Gasteiger partial charge in [0, 0.05) is 32.7 Å². The largest absolute Gasteiger partial charge is 0.459 e. The van der Waals surface area contributed by atoms with Crippen LogP contribution in [0.1, 0.15) is 49.1 Å². The maximum Gasteiger partial charge on any atom is 0.286 e. The number of furan rings is 1. The molecule has 0 spiro atoms. The zero-order valence-electron chi connectivity index (χ0n) is 13.7. The van der Waals surface area contributed by atoms with Crippen LogP contribution in [0.3, 0.4) is 0 Å². The van der Waals surface area contributed by atoms with Crippen molar-refractivity contribution in [2.75, 3.05) is 20.2 Å². The van der Waals surface area contributed by atoms with Gasteiger partial charge in [-0.05, 0) is 50.2 Å². The number of aliphatic hydroxyl groups excluding tert-OH is 1. The Morgan fingerprint density at radius 3 is 2.70 bits per heavy atom. The van der Waals surface area contributed by atoms with Gasteiger partial charge in [0.25, 0.3) is 5.91 Å². The molecule has 2 amide bonds. The number of nitrogens with one attached hydrogen (secondary N) is 1. The summed E-state index contributed by atoms with van der Waals surface area (Å²) >= 11 is 0. The molecule has 1 aliphatic rings. The summed E-state index contributed by atoms with van der Waals surface area (Å²) in [5.74, 6) is 0.545. The van der Waals surface area contributed by atoms with Gasteiger partial charge in [0.05, 0.1) is 6.26 Å². The van der Waals surface area contributed by atoms with Crippen molar-refractivity contribution in [3.8, 4) is 0 Å². The van der Waals surface area contributed by atoms with E-state index in [0.29, 0.717) is 25.3 Å². The van der Waals surface area contributed by atoms with E-state index in [0.717, 1.165) is 25.7 Å². The number of aliphatic hydroxyl groups is 1. The lowest BCUT2D eigenvalue weighted by Gasteiger charge is -2.34. The van der Waals surface area contributed by atoms with E-state index in [2.05, 4.69) is 5.32 Å². The highest BCUT2D eigenvalue weighted by molar-refractivity contribution is 5.91. The highest BCUT2D eigenvalue weighted by atomic mass is 16.3. The van der Waals surface area contributed by atoms with Crippen LogP contribution in [0, 0.1) is 5.92 Å². The number of carbonyl (C=O) groups is 2. The van der Waals surface area contributed by atoms with Crippen LogP contribution in [0.4, 0.5) is 0 Å². The first-order chi connectivity index (χ1) is 11.1. The fraction of sp³-hybridized carbons (Fsp3) is 0.647. The Hall–Kier alpha value is -1.82. The molecule has 2 rings (SSSR count). The standard InChI is InChI=1S/C17H26N2O4/c1-19(14-8-6-13(12-20)7-9-14)16(21)5-2-10-18-17(22)15-4-3-11-23-15/h3-4,11,13-14,20H,2,5-10,12H2,1H3,(H,18,22). The van der Waals surface area contributed by atoms with Gasteiger partial charge in [-0.25, -0.2) is 0 Å². The summed E-state index contributed by atoms with van der Waals surface area (Å²) in [5.41, 5.74) is 0. The molecule has 6 nitrogen and oxygen atoms in total. The molecule has 6 heteroatoms. The van der Waals surface area contributed by atoms with E-state index in [1.807, 2.05) is 11.9 Å². The average molecular weight is 322 g/mol. The van der Waals surface area contributed by atoms with Gasteiger partial charge in [0.2, 0.25) is 5.91 Å². The second-order valence-corrected chi connectivity index (χ2v) is 6.20. The van der Waals surface area contributed by atoms with Crippen molar-refractivity contribution in [2.24, 2.45) is 5.92 Å². The summed E-state index contributed by atoms with van der Waals surface area (Å²) in [6, 6.07) is 3.55. The van der Waals surface area contributed by atoms with Crippen LogP contribution in [-0.4, -0.2) is 48.1 Å². The number of amides is 2. The molecular weight excluding hydrogens is 296 g/mol. The van der Waals surface area contributed by atoms with Gasteiger partial charge in [-0.2, -0.15) is 0 Å². The molecule has 1 saturated carbocycles. The van der Waals surface area contributed by atoms with Crippen LogP contribution in [0.25, 0.3) is 0 Å². The van der Waals surface area contributed by atoms with E-state index in [9.17, 15) is 9.59 Å². The van der Waals surface area contributed by atoms with Crippen LogP contribution in [0.15, 0.2) is 22.8 Å². The maximum absolute atomic E-state index is 12.2. The van der Waals surface area contributed by atoms with Gasteiger partial charge in [-0.15, -0.1) is 0 Å². The zero-order valence-corrected chi connectivity index (χ0v) is 13.7. The van der Waals surface area contributed by atoms with Gasteiger partial charge in [0.1, 0.15) is 0 Å². The van der Waals surface area contributed by atoms with E-state index in [1.165, 1.54) is 6.26 Å². The van der Waals surface area contributed by atoms with Crippen molar-refractivity contribution < 1.29 is 19.1 Å². The van der Waals surface area contributed by atoms with E-state index in [-0.39, 0.29) is 30.2 Å². The average Bonchev–Trinajstić information content (AvgIpc) is 3.12. The fourth-order valence-electron chi connectivity index (χ4n) is 3.03. The number of hydrogen-bond acceptors (Lipinski definition) is 4. The van der Waals surface area contributed by atoms with E-state index in [4.69, 9.17) is 9.52 Å². The maximum atomic E-state index is 12.2. The normalized spacial score (nSPS) is 21.0. The molecule has 1 fully saturated rings. The Morgan fingerprint density at radius 1 is 1.35 bits per heavy atom. The van der Waals surface area contributed by atoms with Gasteiger partial charge in [0.15, 0.2) is 5.76 Å². The van der Waals surface area contributed by atoms with Crippen molar-refractivity contribution >= 4 is 11.8 Å². The van der Waals surface area contributed by atoms with E-state index < -0.39 is 0 Å². The molecule has 0 aliphatic heterocycles. The van der Waals surface area contributed by atoms with Gasteiger partial charge in [-0.1, -0.05) is 0 Å². The van der Waals surface area contributed by atoms with Crippen LogP contribution >= 0.6 is 0 Å². The van der Waals surface area contributed by atoms with Gasteiger partial charge < -0.3 is 19.7 Å². The predicted octanol–water partition coefficient (Wildman–Crippen LogP) is 1.80. The summed E-state index contributed by atoms with van der Waals surface area (Å²) in [5, 5.41) is 11.9. The minimum absolute atomic E-state index is 0.115. The molecule has 23 heavy (non-hydrogen) atoms. The van der Waals surface area contributed by atoms with Crippen LogP contribution in [0.5, 0.6) is 0 Å². The third-order valence-corrected chi connectivity index (χ3v) is 4.61.